The lowest BCUT2D eigenvalue weighted by atomic mass is 9.89. The molecule has 2 aromatic rings. The Balaban J connectivity index is 1.14. The van der Waals surface area contributed by atoms with Gasteiger partial charge in [-0.05, 0) is 102 Å². The molecule has 3 aliphatic heterocycles. The van der Waals surface area contributed by atoms with Gasteiger partial charge in [0.25, 0.3) is 0 Å². The number of nitrogens with one attached hydrogen (secondary N) is 2. The number of fused-ring (bicyclic) bond motifs is 4. The van der Waals surface area contributed by atoms with Crippen molar-refractivity contribution in [3.8, 4) is 17.2 Å². The molecule has 6 rings (SSSR count). The van der Waals surface area contributed by atoms with Crippen molar-refractivity contribution in [2.45, 2.75) is 109 Å². The number of halogens is 1. The Hall–Kier alpha value is -4.37. The molecule has 256 valence electrons. The second-order valence-corrected chi connectivity index (χ2v) is 15.4. The molecule has 11 nitrogen and oxygen atoms in total. The van der Waals surface area contributed by atoms with Gasteiger partial charge < -0.3 is 19.7 Å². The van der Waals surface area contributed by atoms with Crippen molar-refractivity contribution in [1.82, 2.24) is 15.1 Å². The van der Waals surface area contributed by atoms with E-state index in [4.69, 9.17) is 14.3 Å². The number of hydrogen-bond donors (Lipinski definition) is 2. The summed E-state index contributed by atoms with van der Waals surface area (Å²) in [5.74, 6) is -0.926. The fourth-order valence-electron chi connectivity index (χ4n) is 7.37. The summed E-state index contributed by atoms with van der Waals surface area (Å²) >= 11 is 0. The van der Waals surface area contributed by atoms with Crippen LogP contribution in [0.3, 0.4) is 0 Å². The summed E-state index contributed by atoms with van der Waals surface area (Å²) in [6.45, 7) is 11.6. The monoisotopic (exact) mass is 661 g/mol. The highest BCUT2D eigenvalue weighted by atomic mass is 19.1. The topological polar surface area (TPSA) is 133 Å². The molecule has 1 saturated carbocycles. The molecule has 5 atom stereocenters. The molecular weight excluding hydrogens is 617 g/mol. The number of anilines is 1. The lowest BCUT2D eigenvalue weighted by Crippen LogP contribution is -2.55. The van der Waals surface area contributed by atoms with E-state index in [1.807, 2.05) is 39.0 Å². The molecule has 1 unspecified atom stereocenters. The van der Waals surface area contributed by atoms with Crippen molar-refractivity contribution in [2.75, 3.05) is 18.6 Å². The van der Waals surface area contributed by atoms with Crippen molar-refractivity contribution in [3.63, 3.8) is 0 Å². The SMILES string of the molecule is CC(C)(C)OC(=O)N1CCC2(C1)ONc1ccc(-c3ccc(C[C@@H](C#N)NC(=O)[C@@H]4[C@H]5CC[C@H](C5)N4C(=O)OC(C)(C)C)c(F)c3)cc12. The standard InChI is InChI=1S/C36H44FN5O6/c1-34(2,3)46-32(44)41-14-13-36(20-41)27-17-21(10-12-29(27)40-48-36)22-7-8-23(28(37)18-22)15-25(19-38)39-31(43)30-24-9-11-26(16-24)42(30)33(45)47-35(4,5)6/h7-8,10,12,17-18,24-26,30,40H,9,11,13-16,20H2,1-6H3,(H,39,43)/t24-,25-,26+,30-,36?/m0/s1. The smallest absolute Gasteiger partial charge is 0.411 e. The second kappa shape index (κ2) is 12.3. The van der Waals surface area contributed by atoms with E-state index in [9.17, 15) is 19.6 Å². The predicted molar refractivity (Wildman–Crippen MR) is 175 cm³/mol. The van der Waals surface area contributed by atoms with Crippen LogP contribution in [0.2, 0.25) is 0 Å². The van der Waals surface area contributed by atoms with Crippen LogP contribution in [0.25, 0.3) is 11.1 Å². The number of carbonyl (C=O) groups is 3. The Morgan fingerprint density at radius 1 is 1.06 bits per heavy atom. The van der Waals surface area contributed by atoms with Crippen LogP contribution in [0.15, 0.2) is 36.4 Å². The number of amides is 3. The van der Waals surface area contributed by atoms with Gasteiger partial charge in [-0.15, -0.1) is 0 Å². The average Bonchev–Trinajstić information content (AvgIpc) is 3.80. The molecule has 4 aliphatic rings. The van der Waals surface area contributed by atoms with Crippen molar-refractivity contribution < 1.29 is 33.1 Å². The Bertz CT molecular complexity index is 1660. The average molecular weight is 662 g/mol. The number of carbonyl (C=O) groups excluding carboxylic acids is 3. The van der Waals surface area contributed by atoms with Gasteiger partial charge in [-0.3, -0.25) is 20.0 Å². The summed E-state index contributed by atoms with van der Waals surface area (Å²) in [5.41, 5.74) is 4.27. The zero-order valence-electron chi connectivity index (χ0n) is 28.4. The van der Waals surface area contributed by atoms with Gasteiger partial charge in [-0.2, -0.15) is 5.26 Å². The molecule has 12 heteroatoms. The number of nitriles is 1. The first-order valence-electron chi connectivity index (χ1n) is 16.6. The molecule has 2 bridgehead atoms. The second-order valence-electron chi connectivity index (χ2n) is 15.4. The minimum atomic E-state index is -0.990. The molecule has 1 spiro atoms. The van der Waals surface area contributed by atoms with Gasteiger partial charge >= 0.3 is 12.2 Å². The number of ether oxygens (including phenoxy) is 2. The predicted octanol–water partition coefficient (Wildman–Crippen LogP) is 6.02. The highest BCUT2D eigenvalue weighted by molar-refractivity contribution is 5.87. The first-order valence-corrected chi connectivity index (χ1v) is 16.6. The van der Waals surface area contributed by atoms with Crippen molar-refractivity contribution in [3.05, 3.63) is 53.3 Å². The maximum absolute atomic E-state index is 15.6. The summed E-state index contributed by atoms with van der Waals surface area (Å²) < 4.78 is 26.7. The van der Waals surface area contributed by atoms with E-state index in [0.717, 1.165) is 36.1 Å². The molecule has 2 aromatic carbocycles. The summed E-state index contributed by atoms with van der Waals surface area (Å²) in [4.78, 5) is 48.4. The summed E-state index contributed by atoms with van der Waals surface area (Å²) in [7, 11) is 0. The number of likely N-dealkylation sites (tertiary alicyclic amines) is 2. The van der Waals surface area contributed by atoms with Crippen molar-refractivity contribution in [1.29, 1.82) is 5.26 Å². The van der Waals surface area contributed by atoms with Crippen LogP contribution in [-0.2, 0) is 31.1 Å². The number of benzene rings is 2. The van der Waals surface area contributed by atoms with Gasteiger partial charge in [-0.25, -0.2) is 14.0 Å². The van der Waals surface area contributed by atoms with Crippen LogP contribution in [0.1, 0.15) is 78.4 Å². The summed E-state index contributed by atoms with van der Waals surface area (Å²) in [6.07, 6.45) is 1.97. The minimum absolute atomic E-state index is 0.00504. The molecule has 1 aliphatic carbocycles. The van der Waals surface area contributed by atoms with Crippen LogP contribution in [-0.4, -0.2) is 70.3 Å². The zero-order chi connectivity index (χ0) is 34.6. The lowest BCUT2D eigenvalue weighted by Gasteiger charge is -2.35. The Morgan fingerprint density at radius 2 is 1.75 bits per heavy atom. The third-order valence-electron chi connectivity index (χ3n) is 9.49. The molecule has 2 N–H and O–H groups in total. The van der Waals surface area contributed by atoms with E-state index >= 15 is 4.39 Å². The summed E-state index contributed by atoms with van der Waals surface area (Å²) in [5, 5.41) is 12.7. The van der Waals surface area contributed by atoms with E-state index in [1.165, 1.54) is 11.0 Å². The van der Waals surface area contributed by atoms with Crippen LogP contribution in [0.4, 0.5) is 19.7 Å². The van der Waals surface area contributed by atoms with Gasteiger partial charge in [0.1, 0.15) is 34.7 Å². The fourth-order valence-corrected chi connectivity index (χ4v) is 7.37. The lowest BCUT2D eigenvalue weighted by molar-refractivity contribution is -0.128. The quantitative estimate of drug-likeness (QED) is 0.397. The van der Waals surface area contributed by atoms with Crippen LogP contribution in [0.5, 0.6) is 0 Å². The number of rotatable bonds is 5. The van der Waals surface area contributed by atoms with E-state index in [-0.39, 0.29) is 23.9 Å². The highest BCUT2D eigenvalue weighted by Gasteiger charge is 2.53. The van der Waals surface area contributed by atoms with E-state index in [0.29, 0.717) is 25.1 Å². The molecule has 0 radical (unpaired) electrons. The third kappa shape index (κ3) is 6.65. The molecule has 3 fully saturated rings. The first-order chi connectivity index (χ1) is 22.6. The Kier molecular flexibility index (Phi) is 8.56. The molecule has 48 heavy (non-hydrogen) atoms. The highest BCUT2D eigenvalue weighted by Crippen LogP contribution is 2.46. The van der Waals surface area contributed by atoms with E-state index in [2.05, 4.69) is 16.9 Å². The Morgan fingerprint density at radius 3 is 2.44 bits per heavy atom. The van der Waals surface area contributed by atoms with Gasteiger partial charge in [0, 0.05) is 31.0 Å². The van der Waals surface area contributed by atoms with Gasteiger partial charge in [0.15, 0.2) is 0 Å². The number of piperidine rings is 1. The van der Waals surface area contributed by atoms with Crippen molar-refractivity contribution >= 4 is 23.8 Å². The molecule has 3 heterocycles. The summed E-state index contributed by atoms with van der Waals surface area (Å²) in [6, 6.07) is 10.8. The maximum atomic E-state index is 15.6. The van der Waals surface area contributed by atoms with Crippen molar-refractivity contribution in [2.24, 2.45) is 5.92 Å². The first kappa shape index (κ1) is 33.5. The Labute approximate surface area is 280 Å². The number of nitrogens with zero attached hydrogens (tertiary/aromatic N) is 3. The molecule has 0 aromatic heterocycles. The van der Waals surface area contributed by atoms with E-state index in [1.54, 1.807) is 37.8 Å². The number of hydrogen-bond acceptors (Lipinski definition) is 8. The van der Waals surface area contributed by atoms with Gasteiger partial charge in [0.2, 0.25) is 5.91 Å². The van der Waals surface area contributed by atoms with Gasteiger partial charge in [0.05, 0.1) is 18.3 Å². The molecular formula is C36H44FN5O6. The van der Waals surface area contributed by atoms with Crippen LogP contribution in [0, 0.1) is 23.1 Å². The zero-order valence-corrected chi connectivity index (χ0v) is 28.4. The van der Waals surface area contributed by atoms with Gasteiger partial charge in [-0.1, -0.05) is 18.2 Å². The van der Waals surface area contributed by atoms with E-state index < -0.39 is 52.8 Å². The third-order valence-corrected chi connectivity index (χ3v) is 9.49. The van der Waals surface area contributed by atoms with Crippen LogP contribution >= 0.6 is 0 Å². The molecule has 2 saturated heterocycles. The fraction of sp³-hybridized carbons (Fsp3) is 0.556. The largest absolute Gasteiger partial charge is 0.444 e. The normalized spacial score (nSPS) is 25.0. The van der Waals surface area contributed by atoms with Crippen LogP contribution < -0.4 is 10.8 Å². The molecule has 3 amide bonds. The maximum Gasteiger partial charge on any atom is 0.411 e. The minimum Gasteiger partial charge on any atom is -0.444 e.